The van der Waals surface area contributed by atoms with Crippen molar-refractivity contribution in [1.29, 1.82) is 0 Å². The van der Waals surface area contributed by atoms with Gasteiger partial charge in [0.15, 0.2) is 0 Å². The average Bonchev–Trinajstić information content (AvgIpc) is 2.75. The number of benzene rings is 3. The second-order valence-corrected chi connectivity index (χ2v) is 8.27. The van der Waals surface area contributed by atoms with Crippen LogP contribution in [0.5, 0.6) is 0 Å². The molecule has 3 aromatic carbocycles. The lowest BCUT2D eigenvalue weighted by molar-refractivity contribution is 0.0985. The lowest BCUT2D eigenvalue weighted by Gasteiger charge is -2.24. The molecule has 31 heavy (non-hydrogen) atoms. The molecule has 1 aromatic heterocycles. The van der Waals surface area contributed by atoms with E-state index in [9.17, 15) is 9.59 Å². The van der Waals surface area contributed by atoms with Crippen molar-refractivity contribution in [1.82, 2.24) is 4.98 Å². The minimum atomic E-state index is -0.195. The van der Waals surface area contributed by atoms with Gasteiger partial charge in [0.1, 0.15) is 0 Å². The monoisotopic (exact) mass is 430 g/mol. The molecule has 156 valence electrons. The molecule has 0 spiro atoms. The molecule has 1 heterocycles. The highest BCUT2D eigenvalue weighted by atomic mass is 35.5. The third-order valence-electron chi connectivity index (χ3n) is 5.63. The van der Waals surface area contributed by atoms with Crippen molar-refractivity contribution in [2.75, 3.05) is 4.90 Å². The fourth-order valence-electron chi connectivity index (χ4n) is 3.64. The standard InChI is InChI=1S/C26H23ClN2O2/c1-16-7-12-23(13-18(16)3)29(26(31)19-8-10-22(27)11-9-19)15-21-14-20-6-4-5-17(2)24(20)28-25(21)30/h4-14H,15H2,1-3H3,(H,28,30). The Morgan fingerprint density at radius 3 is 2.35 bits per heavy atom. The quantitative estimate of drug-likeness (QED) is 0.434. The van der Waals surface area contributed by atoms with E-state index in [1.54, 1.807) is 29.2 Å². The van der Waals surface area contributed by atoms with Crippen LogP contribution in [0.1, 0.15) is 32.6 Å². The molecule has 4 aromatic rings. The van der Waals surface area contributed by atoms with E-state index in [0.29, 0.717) is 16.1 Å². The summed E-state index contributed by atoms with van der Waals surface area (Å²) in [4.78, 5) is 30.9. The zero-order chi connectivity index (χ0) is 22.1. The van der Waals surface area contributed by atoms with Crippen LogP contribution < -0.4 is 10.5 Å². The van der Waals surface area contributed by atoms with Crippen molar-refractivity contribution >= 4 is 34.1 Å². The van der Waals surface area contributed by atoms with Crippen LogP contribution in [0.3, 0.4) is 0 Å². The number of nitrogens with zero attached hydrogens (tertiary/aromatic N) is 1. The lowest BCUT2D eigenvalue weighted by atomic mass is 10.1. The maximum Gasteiger partial charge on any atom is 0.258 e. The Hall–Kier alpha value is -3.37. The predicted molar refractivity (Wildman–Crippen MR) is 127 cm³/mol. The van der Waals surface area contributed by atoms with Gasteiger partial charge in [-0.3, -0.25) is 9.59 Å². The van der Waals surface area contributed by atoms with Gasteiger partial charge in [0.2, 0.25) is 0 Å². The molecule has 0 aliphatic rings. The van der Waals surface area contributed by atoms with Gasteiger partial charge in [-0.15, -0.1) is 0 Å². The van der Waals surface area contributed by atoms with E-state index in [1.807, 2.05) is 63.2 Å². The van der Waals surface area contributed by atoms with E-state index < -0.39 is 0 Å². The van der Waals surface area contributed by atoms with Gasteiger partial charge < -0.3 is 9.88 Å². The van der Waals surface area contributed by atoms with Crippen LogP contribution >= 0.6 is 11.6 Å². The van der Waals surface area contributed by atoms with Crippen LogP contribution in [0.2, 0.25) is 5.02 Å². The van der Waals surface area contributed by atoms with E-state index >= 15 is 0 Å². The van der Waals surface area contributed by atoms with E-state index in [4.69, 9.17) is 11.6 Å². The van der Waals surface area contributed by atoms with Gasteiger partial charge in [0.05, 0.1) is 12.1 Å². The number of aryl methyl sites for hydroxylation is 3. The summed E-state index contributed by atoms with van der Waals surface area (Å²) in [7, 11) is 0. The molecule has 0 atom stereocenters. The maximum absolute atomic E-state index is 13.5. The van der Waals surface area contributed by atoms with Gasteiger partial charge in [0.25, 0.3) is 11.5 Å². The zero-order valence-electron chi connectivity index (χ0n) is 17.7. The summed E-state index contributed by atoms with van der Waals surface area (Å²) in [6, 6.07) is 20.4. The molecule has 4 nitrogen and oxygen atoms in total. The van der Waals surface area contributed by atoms with E-state index in [0.717, 1.165) is 33.3 Å². The zero-order valence-corrected chi connectivity index (χ0v) is 18.5. The van der Waals surface area contributed by atoms with Crippen molar-refractivity contribution in [2.24, 2.45) is 0 Å². The Bertz CT molecular complexity index is 1340. The van der Waals surface area contributed by atoms with Crippen LogP contribution in [-0.2, 0) is 6.54 Å². The Labute approximate surface area is 186 Å². The van der Waals surface area contributed by atoms with Gasteiger partial charge in [-0.25, -0.2) is 0 Å². The number of hydrogen-bond donors (Lipinski definition) is 1. The van der Waals surface area contributed by atoms with Crippen molar-refractivity contribution in [2.45, 2.75) is 27.3 Å². The van der Waals surface area contributed by atoms with Crippen molar-refractivity contribution in [3.63, 3.8) is 0 Å². The number of carbonyl (C=O) groups is 1. The molecule has 1 N–H and O–H groups in total. The van der Waals surface area contributed by atoms with E-state index in [1.165, 1.54) is 0 Å². The molecule has 0 unspecified atom stereocenters. The molecule has 0 aliphatic carbocycles. The minimum absolute atomic E-state index is 0.156. The number of carbonyl (C=O) groups excluding carboxylic acids is 1. The van der Waals surface area contributed by atoms with Crippen molar-refractivity contribution < 1.29 is 4.79 Å². The first-order valence-electron chi connectivity index (χ1n) is 10.1. The van der Waals surface area contributed by atoms with Crippen molar-refractivity contribution in [3.8, 4) is 0 Å². The van der Waals surface area contributed by atoms with Crippen LogP contribution in [0, 0.1) is 20.8 Å². The summed E-state index contributed by atoms with van der Waals surface area (Å²) in [6.45, 7) is 6.16. The summed E-state index contributed by atoms with van der Waals surface area (Å²) < 4.78 is 0. The number of H-pyrrole nitrogens is 1. The first-order valence-corrected chi connectivity index (χ1v) is 10.5. The first-order chi connectivity index (χ1) is 14.8. The summed E-state index contributed by atoms with van der Waals surface area (Å²) in [5.41, 5.74) is 5.62. The highest BCUT2D eigenvalue weighted by Gasteiger charge is 2.20. The summed E-state index contributed by atoms with van der Waals surface area (Å²) in [6.07, 6.45) is 0. The third-order valence-corrected chi connectivity index (χ3v) is 5.88. The fraction of sp³-hybridized carbons (Fsp3) is 0.154. The molecule has 0 aliphatic heterocycles. The van der Waals surface area contributed by atoms with Crippen LogP contribution in [0.15, 0.2) is 71.5 Å². The molecular weight excluding hydrogens is 408 g/mol. The predicted octanol–water partition coefficient (Wildman–Crippen LogP) is 5.95. The maximum atomic E-state index is 13.5. The number of hydrogen-bond acceptors (Lipinski definition) is 2. The Morgan fingerprint density at radius 1 is 0.903 bits per heavy atom. The number of aromatic amines is 1. The SMILES string of the molecule is Cc1ccc(N(Cc2cc3cccc(C)c3[nH]c2=O)C(=O)c2ccc(Cl)cc2)cc1C. The van der Waals surface area contributed by atoms with Crippen LogP contribution in [0.4, 0.5) is 5.69 Å². The number of anilines is 1. The van der Waals surface area contributed by atoms with Crippen LogP contribution in [-0.4, -0.2) is 10.9 Å². The molecule has 0 saturated carbocycles. The number of nitrogens with one attached hydrogen (secondary N) is 1. The molecule has 5 heteroatoms. The largest absolute Gasteiger partial charge is 0.321 e. The number of fused-ring (bicyclic) bond motifs is 1. The molecule has 0 saturated heterocycles. The number of aromatic nitrogens is 1. The average molecular weight is 431 g/mol. The highest BCUT2D eigenvalue weighted by Crippen LogP contribution is 2.24. The van der Waals surface area contributed by atoms with Crippen LogP contribution in [0.25, 0.3) is 10.9 Å². The highest BCUT2D eigenvalue weighted by molar-refractivity contribution is 6.30. The molecule has 0 fully saturated rings. The third kappa shape index (κ3) is 4.25. The molecular formula is C26H23ClN2O2. The first kappa shape index (κ1) is 20.9. The lowest BCUT2D eigenvalue weighted by Crippen LogP contribution is -2.33. The van der Waals surface area contributed by atoms with Gasteiger partial charge in [-0.2, -0.15) is 0 Å². The number of pyridine rings is 1. The fourth-order valence-corrected chi connectivity index (χ4v) is 3.76. The summed E-state index contributed by atoms with van der Waals surface area (Å²) in [5.74, 6) is -0.191. The van der Waals surface area contributed by atoms with E-state index in [2.05, 4.69) is 4.98 Å². The molecule has 0 radical (unpaired) electrons. The number of halogens is 1. The van der Waals surface area contributed by atoms with Gasteiger partial charge in [-0.05, 0) is 85.3 Å². The normalized spacial score (nSPS) is 11.0. The smallest absolute Gasteiger partial charge is 0.258 e. The summed E-state index contributed by atoms with van der Waals surface area (Å²) in [5, 5.41) is 1.50. The number of rotatable bonds is 4. The van der Waals surface area contributed by atoms with E-state index in [-0.39, 0.29) is 18.0 Å². The minimum Gasteiger partial charge on any atom is -0.321 e. The Morgan fingerprint density at radius 2 is 1.65 bits per heavy atom. The second-order valence-electron chi connectivity index (χ2n) is 7.83. The summed E-state index contributed by atoms with van der Waals surface area (Å²) >= 11 is 6.00. The van der Waals surface area contributed by atoms with Gasteiger partial charge in [0, 0.05) is 21.8 Å². The number of para-hydroxylation sites is 1. The van der Waals surface area contributed by atoms with Gasteiger partial charge >= 0.3 is 0 Å². The Kier molecular flexibility index (Phi) is 5.66. The molecule has 4 rings (SSSR count). The second kappa shape index (κ2) is 8.40. The van der Waals surface area contributed by atoms with Gasteiger partial charge in [-0.1, -0.05) is 35.9 Å². The Balaban J connectivity index is 1.81. The molecule has 0 bridgehead atoms. The van der Waals surface area contributed by atoms with Crippen molar-refractivity contribution in [3.05, 3.63) is 110 Å². The topological polar surface area (TPSA) is 53.2 Å². The number of amides is 1. The molecule has 1 amide bonds.